The van der Waals surface area contributed by atoms with E-state index in [9.17, 15) is 14.7 Å². The van der Waals surface area contributed by atoms with E-state index < -0.39 is 17.9 Å². The van der Waals surface area contributed by atoms with Gasteiger partial charge in [-0.25, -0.2) is 4.79 Å². The van der Waals surface area contributed by atoms with Gasteiger partial charge >= 0.3 is 5.97 Å². The zero-order chi connectivity index (χ0) is 15.6. The number of hydrogen-bond donors (Lipinski definition) is 2. The van der Waals surface area contributed by atoms with Gasteiger partial charge in [-0.1, -0.05) is 31.9 Å². The highest BCUT2D eigenvalue weighted by Crippen LogP contribution is 2.39. The van der Waals surface area contributed by atoms with Gasteiger partial charge in [-0.15, -0.1) is 0 Å². The molecule has 0 radical (unpaired) electrons. The summed E-state index contributed by atoms with van der Waals surface area (Å²) in [7, 11) is 0. The number of hydrogen-bond acceptors (Lipinski definition) is 4. The van der Waals surface area contributed by atoms with Gasteiger partial charge in [0, 0.05) is 5.56 Å². The highest BCUT2D eigenvalue weighted by atomic mass is 35.5. The van der Waals surface area contributed by atoms with E-state index in [1.54, 1.807) is 6.92 Å². The first kappa shape index (κ1) is 15.4. The van der Waals surface area contributed by atoms with Crippen molar-refractivity contribution in [2.45, 2.75) is 26.3 Å². The first-order valence-corrected chi connectivity index (χ1v) is 6.94. The minimum atomic E-state index is -1.07. The number of halogens is 1. The van der Waals surface area contributed by atoms with Gasteiger partial charge in [-0.3, -0.25) is 4.79 Å². The van der Waals surface area contributed by atoms with Crippen LogP contribution in [-0.4, -0.2) is 29.8 Å². The zero-order valence-corrected chi connectivity index (χ0v) is 12.4. The molecule has 1 aliphatic heterocycles. The van der Waals surface area contributed by atoms with Crippen LogP contribution in [-0.2, 0) is 4.79 Å². The maximum Gasteiger partial charge on any atom is 0.326 e. The number of carboxylic acid groups (broad SMARTS) is 1. The molecular formula is C14H16ClNO5. The number of fused-ring (bicyclic) bond motifs is 1. The molecule has 2 atom stereocenters. The quantitative estimate of drug-likeness (QED) is 0.871. The second-order valence-corrected chi connectivity index (χ2v) is 5.27. The normalized spacial score (nSPS) is 15.4. The third-order valence-electron chi connectivity index (χ3n) is 3.46. The maximum atomic E-state index is 12.2. The molecule has 114 valence electrons. The fourth-order valence-corrected chi connectivity index (χ4v) is 2.27. The van der Waals surface area contributed by atoms with Crippen molar-refractivity contribution in [2.24, 2.45) is 5.92 Å². The fraction of sp³-hybridized carbons (Fsp3) is 0.429. The molecule has 1 aromatic carbocycles. The van der Waals surface area contributed by atoms with Crippen molar-refractivity contribution in [1.29, 1.82) is 0 Å². The molecule has 1 aromatic rings. The molecule has 0 fully saturated rings. The molecule has 1 amide bonds. The van der Waals surface area contributed by atoms with Gasteiger partial charge in [-0.05, 0) is 18.1 Å². The third kappa shape index (κ3) is 3.21. The van der Waals surface area contributed by atoms with E-state index >= 15 is 0 Å². The summed E-state index contributed by atoms with van der Waals surface area (Å²) in [4.78, 5) is 23.4. The highest BCUT2D eigenvalue weighted by Gasteiger charge is 2.27. The SMILES string of the molecule is CC[C@H](C)[C@H](NC(=O)c1cc(Cl)c2c(c1)OCO2)C(=O)O. The standard InChI is InChI=1S/C14H16ClNO5/c1-3-7(2)11(14(18)19)16-13(17)8-4-9(15)12-10(5-8)20-6-21-12/h4-5,7,11H,3,6H2,1-2H3,(H,16,17)(H,18,19)/t7-,11-/m0/s1. The Kier molecular flexibility index (Phi) is 4.57. The van der Waals surface area contributed by atoms with E-state index in [0.29, 0.717) is 17.9 Å². The number of nitrogens with one attached hydrogen (secondary N) is 1. The van der Waals surface area contributed by atoms with Crippen molar-refractivity contribution >= 4 is 23.5 Å². The van der Waals surface area contributed by atoms with E-state index in [-0.39, 0.29) is 23.3 Å². The Labute approximate surface area is 127 Å². The first-order valence-electron chi connectivity index (χ1n) is 6.56. The van der Waals surface area contributed by atoms with Crippen LogP contribution in [0.1, 0.15) is 30.6 Å². The van der Waals surface area contributed by atoms with Crippen LogP contribution in [0.3, 0.4) is 0 Å². The summed E-state index contributed by atoms with van der Waals surface area (Å²) < 4.78 is 10.3. The van der Waals surface area contributed by atoms with Crippen LogP contribution in [0.15, 0.2) is 12.1 Å². The molecule has 21 heavy (non-hydrogen) atoms. The smallest absolute Gasteiger partial charge is 0.326 e. The molecule has 2 rings (SSSR count). The molecule has 1 aliphatic rings. The van der Waals surface area contributed by atoms with Crippen LogP contribution in [0.2, 0.25) is 5.02 Å². The average Bonchev–Trinajstić information content (AvgIpc) is 2.92. The Hall–Kier alpha value is -1.95. The Morgan fingerprint density at radius 2 is 2.14 bits per heavy atom. The van der Waals surface area contributed by atoms with Crippen molar-refractivity contribution in [3.8, 4) is 11.5 Å². The summed E-state index contributed by atoms with van der Waals surface area (Å²) in [6.45, 7) is 3.68. The monoisotopic (exact) mass is 313 g/mol. The number of amides is 1. The fourth-order valence-electron chi connectivity index (χ4n) is 2.01. The van der Waals surface area contributed by atoms with Crippen molar-refractivity contribution in [2.75, 3.05) is 6.79 Å². The molecule has 0 saturated carbocycles. The Morgan fingerprint density at radius 1 is 1.43 bits per heavy atom. The van der Waals surface area contributed by atoms with Gasteiger partial charge in [0.15, 0.2) is 11.5 Å². The highest BCUT2D eigenvalue weighted by molar-refractivity contribution is 6.32. The number of ether oxygens (including phenoxy) is 2. The summed E-state index contributed by atoms with van der Waals surface area (Å²) in [6.07, 6.45) is 0.638. The van der Waals surface area contributed by atoms with Gasteiger partial charge in [0.25, 0.3) is 5.91 Å². The Morgan fingerprint density at radius 3 is 2.76 bits per heavy atom. The molecule has 0 unspecified atom stereocenters. The van der Waals surface area contributed by atoms with E-state index in [4.69, 9.17) is 21.1 Å². The summed E-state index contributed by atoms with van der Waals surface area (Å²) in [5, 5.41) is 12.0. The Bertz CT molecular complexity index is 575. The van der Waals surface area contributed by atoms with Crippen LogP contribution in [0.25, 0.3) is 0 Å². The molecule has 6 nitrogen and oxygen atoms in total. The van der Waals surface area contributed by atoms with E-state index in [1.165, 1.54) is 12.1 Å². The number of carbonyl (C=O) groups is 2. The minimum absolute atomic E-state index is 0.0464. The van der Waals surface area contributed by atoms with Gasteiger partial charge in [0.05, 0.1) is 5.02 Å². The van der Waals surface area contributed by atoms with Crippen LogP contribution in [0, 0.1) is 5.92 Å². The number of rotatable bonds is 5. The van der Waals surface area contributed by atoms with Crippen molar-refractivity contribution in [3.63, 3.8) is 0 Å². The molecule has 0 aliphatic carbocycles. The van der Waals surface area contributed by atoms with Gasteiger partial charge < -0.3 is 19.9 Å². The van der Waals surface area contributed by atoms with E-state index in [2.05, 4.69) is 5.32 Å². The second kappa shape index (κ2) is 6.22. The van der Waals surface area contributed by atoms with Crippen molar-refractivity contribution in [3.05, 3.63) is 22.7 Å². The molecule has 1 heterocycles. The molecule has 0 saturated heterocycles. The lowest BCUT2D eigenvalue weighted by molar-refractivity contribution is -0.140. The minimum Gasteiger partial charge on any atom is -0.480 e. The lowest BCUT2D eigenvalue weighted by Crippen LogP contribution is -2.45. The summed E-state index contributed by atoms with van der Waals surface area (Å²) in [6, 6.07) is 1.96. The number of carboxylic acids is 1. The largest absolute Gasteiger partial charge is 0.480 e. The summed E-state index contributed by atoms with van der Waals surface area (Å²) in [5.41, 5.74) is 0.235. The number of carbonyl (C=O) groups excluding carboxylic acids is 1. The number of aliphatic carboxylic acids is 1. The molecular weight excluding hydrogens is 298 g/mol. The van der Waals surface area contributed by atoms with Gasteiger partial charge in [0.2, 0.25) is 6.79 Å². The van der Waals surface area contributed by atoms with Crippen LogP contribution in [0.4, 0.5) is 0 Å². The van der Waals surface area contributed by atoms with E-state index in [0.717, 1.165) is 0 Å². The van der Waals surface area contributed by atoms with Gasteiger partial charge in [-0.2, -0.15) is 0 Å². The van der Waals surface area contributed by atoms with Crippen molar-refractivity contribution < 1.29 is 24.2 Å². The predicted molar refractivity (Wildman–Crippen MR) is 75.9 cm³/mol. The third-order valence-corrected chi connectivity index (χ3v) is 3.74. The topological polar surface area (TPSA) is 84.9 Å². The Balaban J connectivity index is 2.20. The maximum absolute atomic E-state index is 12.2. The predicted octanol–water partition coefficient (Wildman–Crippen LogP) is 2.30. The van der Waals surface area contributed by atoms with E-state index in [1.807, 2.05) is 6.92 Å². The van der Waals surface area contributed by atoms with Crippen molar-refractivity contribution in [1.82, 2.24) is 5.32 Å². The molecule has 0 spiro atoms. The first-order chi connectivity index (χ1) is 9.93. The lowest BCUT2D eigenvalue weighted by atomic mass is 9.99. The second-order valence-electron chi connectivity index (χ2n) is 4.87. The summed E-state index contributed by atoms with van der Waals surface area (Å²) >= 11 is 6.01. The number of benzene rings is 1. The van der Waals surface area contributed by atoms with Crippen LogP contribution in [0.5, 0.6) is 11.5 Å². The molecule has 0 aromatic heterocycles. The summed E-state index contributed by atoms with van der Waals surface area (Å²) in [5.74, 6) is -0.989. The van der Waals surface area contributed by atoms with Crippen LogP contribution < -0.4 is 14.8 Å². The molecule has 0 bridgehead atoms. The van der Waals surface area contributed by atoms with Gasteiger partial charge in [0.1, 0.15) is 6.04 Å². The molecule has 7 heteroatoms. The van der Waals surface area contributed by atoms with Crippen LogP contribution >= 0.6 is 11.6 Å². The zero-order valence-electron chi connectivity index (χ0n) is 11.7. The average molecular weight is 314 g/mol. The molecule has 2 N–H and O–H groups in total. The lowest BCUT2D eigenvalue weighted by Gasteiger charge is -2.20.